The average Bonchev–Trinajstić information content (AvgIpc) is 3.41. The topological polar surface area (TPSA) is 108 Å². The van der Waals surface area contributed by atoms with E-state index in [4.69, 9.17) is 9.05 Å². The first-order chi connectivity index (χ1) is 38.0. The molecule has 8 nitrogen and oxygen atoms in total. The number of unbranched alkanes of at least 4 members (excludes halogenated alkanes) is 38. The summed E-state index contributed by atoms with van der Waals surface area (Å²) in [5.41, 5.74) is 0. The van der Waals surface area contributed by atoms with Gasteiger partial charge in [0, 0.05) is 6.42 Å². The van der Waals surface area contributed by atoms with Gasteiger partial charge in [-0.3, -0.25) is 9.36 Å². The number of quaternary nitrogens is 1. The highest BCUT2D eigenvalue weighted by Crippen LogP contribution is 2.38. The molecule has 0 aromatic rings. The first kappa shape index (κ1) is 75.9. The predicted octanol–water partition coefficient (Wildman–Crippen LogP) is 20.4. The van der Waals surface area contributed by atoms with Gasteiger partial charge in [-0.1, -0.05) is 311 Å². The van der Waals surface area contributed by atoms with E-state index in [-0.39, 0.29) is 19.1 Å². The number of hydrogen-bond donors (Lipinski definition) is 2. The second-order valence-corrected chi connectivity index (χ2v) is 25.2. The van der Waals surface area contributed by atoms with E-state index in [1.165, 1.54) is 218 Å². The molecule has 0 rings (SSSR count). The van der Waals surface area contributed by atoms with Gasteiger partial charge in [0.25, 0.3) is 7.82 Å². The fraction of sp³-hybridized carbons (Fsp3) is 0.812. The van der Waals surface area contributed by atoms with Crippen LogP contribution in [0.25, 0.3) is 0 Å². The standard InChI is InChI=1S/C69H129N2O6P/c1-6-8-10-12-14-16-18-20-22-24-26-28-30-32-33-34-35-36-37-39-41-43-45-47-49-51-53-55-57-59-61-63-69(73)70-67(66-77-78(74,75)76-65-64-71(3,4)5)68(72)62-60-58-56-54-52-50-48-46-44-42-40-38-31-29-27-25-23-21-19-17-15-13-11-9-7-2/h8,10,14,16,20,22,26,28,32-33,60,62,67-68,72H,6-7,9,11-13,15,17-19,21,23-25,27,29-31,34-59,61,63-66H2,1-5H3,(H-,70,73,74,75)/b10-8-,16-14-,22-20-,28-26-,33-32-,62-60+. The van der Waals surface area contributed by atoms with Crippen molar-refractivity contribution in [2.24, 2.45) is 0 Å². The van der Waals surface area contributed by atoms with Gasteiger partial charge < -0.3 is 28.8 Å². The molecule has 0 heterocycles. The molecule has 0 aromatic carbocycles. The Bertz CT molecular complexity index is 1500. The van der Waals surface area contributed by atoms with Gasteiger partial charge in [-0.15, -0.1) is 0 Å². The van der Waals surface area contributed by atoms with E-state index in [9.17, 15) is 19.4 Å². The quantitative estimate of drug-likeness (QED) is 0.0272. The summed E-state index contributed by atoms with van der Waals surface area (Å²) in [6, 6.07) is -0.891. The normalized spacial score (nSPS) is 14.2. The monoisotopic (exact) mass is 1110 g/mol. The molecule has 456 valence electrons. The second-order valence-electron chi connectivity index (χ2n) is 23.8. The first-order valence-electron chi connectivity index (χ1n) is 33.3. The van der Waals surface area contributed by atoms with Crippen molar-refractivity contribution in [3.63, 3.8) is 0 Å². The zero-order chi connectivity index (χ0) is 57.0. The molecule has 0 bridgehead atoms. The number of likely N-dealkylation sites (N-methyl/N-ethyl adjacent to an activating group) is 1. The van der Waals surface area contributed by atoms with Gasteiger partial charge in [0.2, 0.25) is 5.91 Å². The lowest BCUT2D eigenvalue weighted by Crippen LogP contribution is -2.45. The van der Waals surface area contributed by atoms with Gasteiger partial charge in [-0.25, -0.2) is 0 Å². The summed E-state index contributed by atoms with van der Waals surface area (Å²) in [6.07, 6.45) is 82.9. The molecule has 9 heteroatoms. The minimum Gasteiger partial charge on any atom is -0.756 e. The number of nitrogens with one attached hydrogen (secondary N) is 1. The van der Waals surface area contributed by atoms with Crippen molar-refractivity contribution in [3.05, 3.63) is 72.9 Å². The van der Waals surface area contributed by atoms with Crippen LogP contribution in [0, 0.1) is 0 Å². The molecule has 3 atom stereocenters. The van der Waals surface area contributed by atoms with E-state index in [1.54, 1.807) is 6.08 Å². The zero-order valence-electron chi connectivity index (χ0n) is 52.1. The highest BCUT2D eigenvalue weighted by molar-refractivity contribution is 7.45. The summed E-state index contributed by atoms with van der Waals surface area (Å²) in [5, 5.41) is 14.0. The van der Waals surface area contributed by atoms with Gasteiger partial charge in [0.15, 0.2) is 0 Å². The number of aliphatic hydroxyl groups excluding tert-OH is 1. The molecule has 0 aliphatic carbocycles. The van der Waals surface area contributed by atoms with Crippen molar-refractivity contribution >= 4 is 13.7 Å². The Morgan fingerprint density at radius 2 is 0.782 bits per heavy atom. The molecule has 0 spiro atoms. The summed E-state index contributed by atoms with van der Waals surface area (Å²) in [4.78, 5) is 25.6. The molecule has 0 saturated carbocycles. The minimum atomic E-state index is -4.60. The lowest BCUT2D eigenvalue weighted by atomic mass is 10.0. The molecule has 0 fully saturated rings. The number of phosphoric acid groups is 1. The summed E-state index contributed by atoms with van der Waals surface area (Å²) in [6.45, 7) is 4.57. The van der Waals surface area contributed by atoms with Crippen LogP contribution in [0.15, 0.2) is 72.9 Å². The van der Waals surface area contributed by atoms with E-state index >= 15 is 0 Å². The van der Waals surface area contributed by atoms with Crippen LogP contribution < -0.4 is 10.2 Å². The van der Waals surface area contributed by atoms with Crippen LogP contribution in [0.1, 0.15) is 309 Å². The molecule has 0 radical (unpaired) electrons. The van der Waals surface area contributed by atoms with Crippen LogP contribution in [0.4, 0.5) is 0 Å². The molecule has 0 aliphatic heterocycles. The molecular formula is C69H129N2O6P. The summed E-state index contributed by atoms with van der Waals surface area (Å²) in [7, 11) is 1.27. The average molecular weight is 1110 g/mol. The number of hydrogen-bond acceptors (Lipinski definition) is 6. The zero-order valence-corrected chi connectivity index (χ0v) is 53.0. The Balaban J connectivity index is 4.10. The van der Waals surface area contributed by atoms with Crippen molar-refractivity contribution in [3.8, 4) is 0 Å². The lowest BCUT2D eigenvalue weighted by Gasteiger charge is -2.29. The number of amides is 1. The number of rotatable bonds is 61. The van der Waals surface area contributed by atoms with Gasteiger partial charge in [-0.2, -0.15) is 0 Å². The van der Waals surface area contributed by atoms with Crippen LogP contribution in [0.3, 0.4) is 0 Å². The molecular weight excluding hydrogens is 984 g/mol. The van der Waals surface area contributed by atoms with Gasteiger partial charge in [0.05, 0.1) is 39.9 Å². The minimum absolute atomic E-state index is 0.00199. The van der Waals surface area contributed by atoms with Crippen molar-refractivity contribution < 1.29 is 32.9 Å². The summed E-state index contributed by atoms with van der Waals surface area (Å²) < 4.78 is 23.4. The molecule has 0 saturated heterocycles. The number of allylic oxidation sites excluding steroid dienone is 11. The third-order valence-corrected chi connectivity index (χ3v) is 15.9. The molecule has 3 unspecified atom stereocenters. The van der Waals surface area contributed by atoms with Crippen molar-refractivity contribution in [2.45, 2.75) is 321 Å². The Labute approximate surface area is 484 Å². The Morgan fingerprint density at radius 1 is 0.462 bits per heavy atom. The molecule has 0 aliphatic rings. The van der Waals surface area contributed by atoms with Gasteiger partial charge >= 0.3 is 0 Å². The second kappa shape index (κ2) is 59.6. The maximum absolute atomic E-state index is 13.0. The van der Waals surface area contributed by atoms with Crippen molar-refractivity contribution in [1.29, 1.82) is 0 Å². The third kappa shape index (κ3) is 61.6. The van der Waals surface area contributed by atoms with E-state index in [0.29, 0.717) is 17.4 Å². The van der Waals surface area contributed by atoms with Crippen LogP contribution in [-0.4, -0.2) is 68.5 Å². The summed E-state index contributed by atoms with van der Waals surface area (Å²) >= 11 is 0. The Kier molecular flexibility index (Phi) is 58.0. The lowest BCUT2D eigenvalue weighted by molar-refractivity contribution is -0.870. The number of phosphoric ester groups is 1. The van der Waals surface area contributed by atoms with Gasteiger partial charge in [0.1, 0.15) is 13.2 Å². The van der Waals surface area contributed by atoms with E-state index < -0.39 is 20.0 Å². The van der Waals surface area contributed by atoms with Crippen LogP contribution in [0.5, 0.6) is 0 Å². The SMILES string of the molecule is CC/C=C\C/C=C\C/C=C\C/C=C\C/C=C\CCCCCCCCCCCCCCCCCC(=O)NC(COP(=O)([O-])OCC[N+](C)(C)C)C(O)/C=C/CCCCCCCCCCCCCCCCCCCCCCCCC. The highest BCUT2D eigenvalue weighted by atomic mass is 31.2. The van der Waals surface area contributed by atoms with Crippen molar-refractivity contribution in [2.75, 3.05) is 40.9 Å². The number of carbonyl (C=O) groups excluding carboxylic acids is 1. The maximum Gasteiger partial charge on any atom is 0.268 e. The molecule has 78 heavy (non-hydrogen) atoms. The van der Waals surface area contributed by atoms with Crippen LogP contribution in [-0.2, 0) is 18.4 Å². The smallest absolute Gasteiger partial charge is 0.268 e. The van der Waals surface area contributed by atoms with Crippen LogP contribution in [0.2, 0.25) is 0 Å². The van der Waals surface area contributed by atoms with Crippen LogP contribution >= 0.6 is 7.82 Å². The fourth-order valence-electron chi connectivity index (χ4n) is 9.77. The van der Waals surface area contributed by atoms with Gasteiger partial charge in [-0.05, 0) is 64.2 Å². The van der Waals surface area contributed by atoms with Crippen molar-refractivity contribution in [1.82, 2.24) is 5.32 Å². The molecule has 1 amide bonds. The fourth-order valence-corrected chi connectivity index (χ4v) is 10.5. The predicted molar refractivity (Wildman–Crippen MR) is 339 cm³/mol. The number of nitrogens with zero attached hydrogens (tertiary/aromatic N) is 1. The third-order valence-electron chi connectivity index (χ3n) is 14.9. The Hall–Kier alpha value is -2.06. The summed E-state index contributed by atoms with van der Waals surface area (Å²) in [5.74, 6) is -0.195. The van der Waals surface area contributed by atoms with E-state index in [0.717, 1.165) is 70.6 Å². The molecule has 2 N–H and O–H groups in total. The largest absolute Gasteiger partial charge is 0.756 e. The Morgan fingerprint density at radius 3 is 1.14 bits per heavy atom. The highest BCUT2D eigenvalue weighted by Gasteiger charge is 2.23. The number of carbonyl (C=O) groups is 1. The first-order valence-corrected chi connectivity index (χ1v) is 34.8. The van der Waals surface area contributed by atoms with E-state index in [2.05, 4.69) is 79.9 Å². The van der Waals surface area contributed by atoms with E-state index in [1.807, 2.05) is 27.2 Å². The molecule has 0 aromatic heterocycles. The maximum atomic E-state index is 13.0. The number of aliphatic hydroxyl groups is 1.